The third kappa shape index (κ3) is 4.33. The number of nitro groups is 1. The van der Waals surface area contributed by atoms with Crippen LogP contribution >= 0.6 is 15.9 Å². The Bertz CT molecular complexity index is 924. The van der Waals surface area contributed by atoms with E-state index in [1.54, 1.807) is 13.0 Å². The fraction of sp³-hybridized carbons (Fsp3) is 0.188. The van der Waals surface area contributed by atoms with E-state index in [-0.39, 0.29) is 39.5 Å². The number of non-ortho nitro benzene ring substituents is 1. The summed E-state index contributed by atoms with van der Waals surface area (Å²) in [5, 5.41) is 34.2. The first-order valence-electron chi connectivity index (χ1n) is 7.23. The van der Waals surface area contributed by atoms with E-state index >= 15 is 0 Å². The van der Waals surface area contributed by atoms with Gasteiger partial charge in [0.1, 0.15) is 17.4 Å². The highest BCUT2D eigenvalue weighted by Gasteiger charge is 2.14. The van der Waals surface area contributed by atoms with Gasteiger partial charge >= 0.3 is 0 Å². The molecule has 26 heavy (non-hydrogen) atoms. The van der Waals surface area contributed by atoms with E-state index in [1.807, 2.05) is 6.07 Å². The number of hydrazone groups is 1. The predicted molar refractivity (Wildman–Crippen MR) is 98.1 cm³/mol. The van der Waals surface area contributed by atoms with Crippen molar-refractivity contribution in [2.75, 3.05) is 12.5 Å². The van der Waals surface area contributed by atoms with Crippen LogP contribution in [0.2, 0.25) is 0 Å². The van der Waals surface area contributed by atoms with E-state index in [4.69, 9.17) is 4.74 Å². The number of benzene rings is 1. The molecule has 0 aliphatic carbocycles. The average Bonchev–Trinajstić information content (AvgIpc) is 2.58. The van der Waals surface area contributed by atoms with Gasteiger partial charge in [-0.1, -0.05) is 0 Å². The molecule has 1 heterocycles. The number of methoxy groups -OCH3 is 1. The van der Waals surface area contributed by atoms with Gasteiger partial charge in [0.15, 0.2) is 5.82 Å². The number of aromatic hydroxyl groups is 1. The Balaban J connectivity index is 2.35. The zero-order valence-corrected chi connectivity index (χ0v) is 15.4. The quantitative estimate of drug-likeness (QED) is 0.416. The van der Waals surface area contributed by atoms with Gasteiger partial charge in [-0.2, -0.15) is 10.4 Å². The lowest BCUT2D eigenvalue weighted by Gasteiger charge is -2.09. The summed E-state index contributed by atoms with van der Waals surface area (Å²) in [6, 6.07) is 6.15. The van der Waals surface area contributed by atoms with Crippen molar-refractivity contribution in [2.24, 2.45) is 5.10 Å². The number of nitrogens with zero attached hydrogens (tertiary/aromatic N) is 4. The minimum Gasteiger partial charge on any atom is -0.506 e. The van der Waals surface area contributed by atoms with Crippen LogP contribution < -0.4 is 5.43 Å². The molecule has 9 nitrogen and oxygen atoms in total. The van der Waals surface area contributed by atoms with Crippen molar-refractivity contribution >= 4 is 33.6 Å². The topological polar surface area (TPSA) is 134 Å². The van der Waals surface area contributed by atoms with Gasteiger partial charge in [-0.25, -0.2) is 4.98 Å². The number of aromatic nitrogens is 1. The van der Waals surface area contributed by atoms with Crippen LogP contribution in [0, 0.1) is 28.4 Å². The summed E-state index contributed by atoms with van der Waals surface area (Å²) in [6.07, 6.45) is 1.20. The van der Waals surface area contributed by atoms with Gasteiger partial charge in [-0.3, -0.25) is 15.5 Å². The van der Waals surface area contributed by atoms with Gasteiger partial charge in [0.2, 0.25) is 0 Å². The third-order valence-electron chi connectivity index (χ3n) is 3.30. The number of anilines is 1. The van der Waals surface area contributed by atoms with E-state index in [2.05, 4.69) is 31.4 Å². The maximum atomic E-state index is 10.9. The van der Waals surface area contributed by atoms with Crippen LogP contribution in [0.15, 0.2) is 27.8 Å². The second-order valence-corrected chi connectivity index (χ2v) is 6.04. The molecule has 0 amide bonds. The zero-order valence-electron chi connectivity index (χ0n) is 13.9. The number of pyridine rings is 1. The number of ether oxygens (including phenoxy) is 1. The van der Waals surface area contributed by atoms with Crippen molar-refractivity contribution in [2.45, 2.75) is 13.5 Å². The molecule has 0 bridgehead atoms. The van der Waals surface area contributed by atoms with E-state index in [9.17, 15) is 20.5 Å². The minimum absolute atomic E-state index is 0.127. The first kappa shape index (κ1) is 19.3. The number of nitrogens with one attached hydrogen (secondary N) is 1. The molecule has 0 atom stereocenters. The second kappa shape index (κ2) is 8.37. The van der Waals surface area contributed by atoms with Crippen LogP contribution in [0.3, 0.4) is 0 Å². The van der Waals surface area contributed by atoms with Crippen LogP contribution in [-0.4, -0.2) is 28.3 Å². The molecule has 0 unspecified atom stereocenters. The van der Waals surface area contributed by atoms with Gasteiger partial charge in [0.25, 0.3) is 5.69 Å². The van der Waals surface area contributed by atoms with Crippen molar-refractivity contribution < 1.29 is 14.8 Å². The lowest BCUT2D eigenvalue weighted by Crippen LogP contribution is -2.03. The van der Waals surface area contributed by atoms with Crippen LogP contribution in [0.25, 0.3) is 0 Å². The minimum atomic E-state index is -0.581. The summed E-state index contributed by atoms with van der Waals surface area (Å²) < 4.78 is 5.24. The van der Waals surface area contributed by atoms with E-state index in [0.29, 0.717) is 11.3 Å². The molecule has 1 aromatic heterocycles. The molecule has 0 saturated carbocycles. The zero-order chi connectivity index (χ0) is 19.3. The Morgan fingerprint density at radius 1 is 1.54 bits per heavy atom. The molecular formula is C16H14BrN5O4. The molecule has 0 radical (unpaired) electrons. The van der Waals surface area contributed by atoms with Gasteiger partial charge < -0.3 is 9.84 Å². The Labute approximate surface area is 157 Å². The maximum absolute atomic E-state index is 10.9. The van der Waals surface area contributed by atoms with E-state index in [1.165, 1.54) is 25.5 Å². The molecule has 0 spiro atoms. The molecule has 134 valence electrons. The molecule has 2 N–H and O–H groups in total. The summed E-state index contributed by atoms with van der Waals surface area (Å²) in [6.45, 7) is 2.00. The van der Waals surface area contributed by atoms with Crippen LogP contribution in [0.1, 0.15) is 22.4 Å². The first-order chi connectivity index (χ1) is 12.4. The Kier molecular flexibility index (Phi) is 6.21. The highest BCUT2D eigenvalue weighted by molar-refractivity contribution is 9.10. The normalized spacial score (nSPS) is 10.7. The molecular weight excluding hydrogens is 406 g/mol. The number of rotatable bonds is 6. The third-order valence-corrected chi connectivity index (χ3v) is 3.91. The van der Waals surface area contributed by atoms with Gasteiger partial charge in [-0.15, -0.1) is 0 Å². The number of hydrogen-bond donors (Lipinski definition) is 2. The van der Waals surface area contributed by atoms with E-state index in [0.717, 1.165) is 0 Å². The van der Waals surface area contributed by atoms with Gasteiger partial charge in [0, 0.05) is 36.1 Å². The van der Waals surface area contributed by atoms with Crippen molar-refractivity contribution in [1.29, 1.82) is 5.26 Å². The fourth-order valence-corrected chi connectivity index (χ4v) is 2.65. The number of phenolic OH excluding ortho intramolecular Hbond substituents is 1. The predicted octanol–water partition coefficient (Wildman–Crippen LogP) is 3.23. The molecule has 1 aromatic carbocycles. The van der Waals surface area contributed by atoms with Crippen molar-refractivity contribution in [3.63, 3.8) is 0 Å². The largest absolute Gasteiger partial charge is 0.506 e. The number of halogens is 1. The Morgan fingerprint density at radius 3 is 2.88 bits per heavy atom. The van der Waals surface area contributed by atoms with Crippen molar-refractivity contribution in [1.82, 2.24) is 4.98 Å². The lowest BCUT2D eigenvalue weighted by atomic mass is 10.1. The number of nitro benzene ring substituents is 1. The summed E-state index contributed by atoms with van der Waals surface area (Å²) in [4.78, 5) is 14.6. The molecule has 0 fully saturated rings. The van der Waals surface area contributed by atoms with Crippen LogP contribution in [0.5, 0.6) is 5.75 Å². The standard InChI is InChI=1S/C16H14BrN5O4/c1-9-3-11(8-26-2)13(6-18)16(20-9)21-19-7-10-4-12(22(24)25)5-14(17)15(10)23/h3-5,7,23H,8H2,1-2H3,(H,20,21)/b19-7-. The molecule has 0 saturated heterocycles. The summed E-state index contributed by atoms with van der Waals surface area (Å²) in [7, 11) is 1.52. The highest BCUT2D eigenvalue weighted by atomic mass is 79.9. The monoisotopic (exact) mass is 419 g/mol. The number of hydrogen-bond acceptors (Lipinski definition) is 8. The summed E-state index contributed by atoms with van der Waals surface area (Å²) in [5.74, 6) is 0.0266. The van der Waals surface area contributed by atoms with Gasteiger partial charge in [0.05, 0.1) is 22.2 Å². The first-order valence-corrected chi connectivity index (χ1v) is 8.02. The number of aryl methyl sites for hydroxylation is 1. The lowest BCUT2D eigenvalue weighted by molar-refractivity contribution is -0.385. The molecule has 0 aliphatic rings. The highest BCUT2D eigenvalue weighted by Crippen LogP contribution is 2.31. The van der Waals surface area contributed by atoms with Crippen molar-refractivity contribution in [3.05, 3.63) is 55.2 Å². The Hall–Kier alpha value is -3.03. The summed E-state index contributed by atoms with van der Waals surface area (Å²) in [5.41, 5.74) is 4.15. The smallest absolute Gasteiger partial charge is 0.271 e. The number of nitriles is 1. The SMILES string of the molecule is COCc1cc(C)nc(N/N=C\c2cc([N+](=O)[O-])cc(Br)c2O)c1C#N. The van der Waals surface area contributed by atoms with E-state index < -0.39 is 4.92 Å². The molecule has 10 heteroatoms. The maximum Gasteiger partial charge on any atom is 0.271 e. The fourth-order valence-electron chi connectivity index (χ4n) is 2.19. The van der Waals surface area contributed by atoms with Gasteiger partial charge in [-0.05, 0) is 28.9 Å². The van der Waals surface area contributed by atoms with Crippen molar-refractivity contribution in [3.8, 4) is 11.8 Å². The van der Waals surface area contributed by atoms with Crippen LogP contribution in [-0.2, 0) is 11.3 Å². The Morgan fingerprint density at radius 2 is 2.27 bits per heavy atom. The average molecular weight is 420 g/mol. The molecule has 2 aromatic rings. The summed E-state index contributed by atoms with van der Waals surface area (Å²) >= 11 is 3.06. The second-order valence-electron chi connectivity index (χ2n) is 5.18. The number of phenols is 1. The molecule has 0 aliphatic heterocycles. The molecule has 2 rings (SSSR count). The van der Waals surface area contributed by atoms with Crippen LogP contribution in [0.4, 0.5) is 11.5 Å².